The van der Waals surface area contributed by atoms with Crippen LogP contribution in [0.5, 0.6) is 5.75 Å². The molecule has 0 saturated carbocycles. The smallest absolute Gasteiger partial charge is 0.185 e. The molecule has 0 aliphatic heterocycles. The molecule has 2 aromatic carbocycles. The average molecular weight is 304 g/mol. The van der Waals surface area contributed by atoms with Crippen LogP contribution >= 0.6 is 0 Å². The van der Waals surface area contributed by atoms with Gasteiger partial charge in [-0.3, -0.25) is 4.79 Å². The lowest BCUT2D eigenvalue weighted by molar-refractivity contribution is 0.102. The number of hydrogen-bond acceptors (Lipinski definition) is 4. The fourth-order valence-electron chi connectivity index (χ4n) is 1.86. The highest BCUT2D eigenvalue weighted by atomic mass is 32.2. The number of sulfone groups is 1. The summed E-state index contributed by atoms with van der Waals surface area (Å²) in [6, 6.07) is 12.8. The molecule has 0 spiro atoms. The van der Waals surface area contributed by atoms with Crippen LogP contribution in [0.2, 0.25) is 0 Å². The standard InChI is InChI=1S/C16H16O4S/c1-12-3-9-15(10-4-12)21(18,19)11-16(17)13-5-7-14(20-2)8-6-13/h3-10H,11H2,1-2H3. The third-order valence-electron chi connectivity index (χ3n) is 3.11. The summed E-state index contributed by atoms with van der Waals surface area (Å²) >= 11 is 0. The lowest BCUT2D eigenvalue weighted by Gasteiger charge is -2.05. The van der Waals surface area contributed by atoms with Crippen molar-refractivity contribution in [3.8, 4) is 5.75 Å². The monoisotopic (exact) mass is 304 g/mol. The van der Waals surface area contributed by atoms with Gasteiger partial charge >= 0.3 is 0 Å². The highest BCUT2D eigenvalue weighted by Gasteiger charge is 2.20. The maximum atomic E-state index is 12.2. The first-order chi connectivity index (χ1) is 9.92. The first-order valence-corrected chi connectivity index (χ1v) is 8.04. The number of methoxy groups -OCH3 is 1. The van der Waals surface area contributed by atoms with Crippen molar-refractivity contribution >= 4 is 15.6 Å². The molecule has 0 amide bonds. The van der Waals surface area contributed by atoms with Gasteiger partial charge in [0.15, 0.2) is 15.6 Å². The Morgan fingerprint density at radius 3 is 2.10 bits per heavy atom. The average Bonchev–Trinajstić information content (AvgIpc) is 2.47. The quantitative estimate of drug-likeness (QED) is 0.797. The molecule has 0 saturated heterocycles. The van der Waals surface area contributed by atoms with Crippen LogP contribution in [0.1, 0.15) is 15.9 Å². The van der Waals surface area contributed by atoms with E-state index in [1.807, 2.05) is 6.92 Å². The summed E-state index contributed by atoms with van der Waals surface area (Å²) in [6.45, 7) is 1.87. The minimum Gasteiger partial charge on any atom is -0.497 e. The second kappa shape index (κ2) is 6.10. The molecule has 2 aromatic rings. The van der Waals surface area contributed by atoms with Crippen LogP contribution in [0, 0.1) is 6.92 Å². The fourth-order valence-corrected chi connectivity index (χ4v) is 3.09. The second-order valence-electron chi connectivity index (χ2n) is 4.72. The zero-order valence-electron chi connectivity index (χ0n) is 11.9. The van der Waals surface area contributed by atoms with Gasteiger partial charge < -0.3 is 4.74 Å². The van der Waals surface area contributed by atoms with E-state index < -0.39 is 21.4 Å². The van der Waals surface area contributed by atoms with Gasteiger partial charge in [0.25, 0.3) is 0 Å². The fraction of sp³-hybridized carbons (Fsp3) is 0.188. The van der Waals surface area contributed by atoms with E-state index >= 15 is 0 Å². The topological polar surface area (TPSA) is 60.4 Å². The second-order valence-corrected chi connectivity index (χ2v) is 6.71. The first-order valence-electron chi connectivity index (χ1n) is 6.39. The van der Waals surface area contributed by atoms with Gasteiger partial charge in [0.2, 0.25) is 0 Å². The Kier molecular flexibility index (Phi) is 4.43. The van der Waals surface area contributed by atoms with Gasteiger partial charge in [-0.1, -0.05) is 17.7 Å². The van der Waals surface area contributed by atoms with Crippen LogP contribution in [0.25, 0.3) is 0 Å². The minimum atomic E-state index is -3.62. The van der Waals surface area contributed by atoms with Crippen molar-refractivity contribution in [2.24, 2.45) is 0 Å². The van der Waals surface area contributed by atoms with Crippen molar-refractivity contribution in [1.29, 1.82) is 0 Å². The summed E-state index contributed by atoms with van der Waals surface area (Å²) in [6.07, 6.45) is 0. The molecule has 0 aliphatic carbocycles. The van der Waals surface area contributed by atoms with Gasteiger partial charge in [0.1, 0.15) is 11.5 Å². The molecule has 0 unspecified atom stereocenters. The number of rotatable bonds is 5. The summed E-state index contributed by atoms with van der Waals surface area (Å²) in [7, 11) is -2.09. The third kappa shape index (κ3) is 3.70. The lowest BCUT2D eigenvalue weighted by atomic mass is 10.1. The molecule has 4 nitrogen and oxygen atoms in total. The van der Waals surface area contributed by atoms with Crippen LogP contribution in [-0.2, 0) is 9.84 Å². The van der Waals surface area contributed by atoms with Crippen molar-refractivity contribution in [2.45, 2.75) is 11.8 Å². The molecular formula is C16H16O4S. The van der Waals surface area contributed by atoms with Crippen molar-refractivity contribution in [2.75, 3.05) is 12.9 Å². The number of hydrogen-bond donors (Lipinski definition) is 0. The predicted octanol–water partition coefficient (Wildman–Crippen LogP) is 2.66. The van der Waals surface area contributed by atoms with Crippen LogP contribution < -0.4 is 4.74 Å². The van der Waals surface area contributed by atoms with E-state index in [0.717, 1.165) is 5.56 Å². The number of ether oxygens (including phenoxy) is 1. The highest BCUT2D eigenvalue weighted by molar-refractivity contribution is 7.92. The zero-order chi connectivity index (χ0) is 15.5. The van der Waals surface area contributed by atoms with Gasteiger partial charge in [0.05, 0.1) is 12.0 Å². The van der Waals surface area contributed by atoms with E-state index in [2.05, 4.69) is 0 Å². The van der Waals surface area contributed by atoms with Gasteiger partial charge in [-0.15, -0.1) is 0 Å². The van der Waals surface area contributed by atoms with Crippen molar-refractivity contribution in [1.82, 2.24) is 0 Å². The van der Waals surface area contributed by atoms with E-state index in [-0.39, 0.29) is 4.90 Å². The molecule has 0 aliphatic rings. The summed E-state index contributed by atoms with van der Waals surface area (Å²) < 4.78 is 29.4. The van der Waals surface area contributed by atoms with Crippen LogP contribution in [0.15, 0.2) is 53.4 Å². The molecule has 0 fully saturated rings. The zero-order valence-corrected chi connectivity index (χ0v) is 12.7. The van der Waals surface area contributed by atoms with Crippen LogP contribution in [-0.4, -0.2) is 27.1 Å². The normalized spacial score (nSPS) is 11.1. The van der Waals surface area contributed by atoms with Crippen molar-refractivity contribution < 1.29 is 17.9 Å². The number of benzene rings is 2. The Morgan fingerprint density at radius 2 is 1.57 bits per heavy atom. The Morgan fingerprint density at radius 1 is 1.00 bits per heavy atom. The lowest BCUT2D eigenvalue weighted by Crippen LogP contribution is -2.16. The van der Waals surface area contributed by atoms with E-state index in [1.165, 1.54) is 19.2 Å². The summed E-state index contributed by atoms with van der Waals surface area (Å²) in [5, 5.41) is 0. The highest BCUT2D eigenvalue weighted by Crippen LogP contribution is 2.16. The van der Waals surface area contributed by atoms with E-state index in [9.17, 15) is 13.2 Å². The largest absolute Gasteiger partial charge is 0.497 e. The molecule has 0 radical (unpaired) electrons. The Bertz CT molecular complexity index is 729. The Hall–Kier alpha value is -2.14. The Labute approximate surface area is 124 Å². The molecule has 0 atom stereocenters. The van der Waals surface area contributed by atoms with E-state index in [1.54, 1.807) is 36.4 Å². The molecular weight excluding hydrogens is 288 g/mol. The maximum Gasteiger partial charge on any atom is 0.185 e. The van der Waals surface area contributed by atoms with Crippen LogP contribution in [0.4, 0.5) is 0 Å². The molecule has 21 heavy (non-hydrogen) atoms. The molecule has 0 heterocycles. The van der Waals surface area contributed by atoms with Crippen LogP contribution in [0.3, 0.4) is 0 Å². The van der Waals surface area contributed by atoms with Crippen molar-refractivity contribution in [3.63, 3.8) is 0 Å². The van der Waals surface area contributed by atoms with Gasteiger partial charge in [0, 0.05) is 5.56 Å². The minimum absolute atomic E-state index is 0.162. The predicted molar refractivity (Wildman–Crippen MR) is 80.6 cm³/mol. The molecule has 110 valence electrons. The molecule has 0 bridgehead atoms. The van der Waals surface area contributed by atoms with Gasteiger partial charge in [-0.25, -0.2) is 8.42 Å². The van der Waals surface area contributed by atoms with Gasteiger partial charge in [-0.2, -0.15) is 0 Å². The molecule has 5 heteroatoms. The molecule has 2 rings (SSSR count). The first kappa shape index (κ1) is 15.3. The van der Waals surface area contributed by atoms with E-state index in [0.29, 0.717) is 11.3 Å². The molecule has 0 N–H and O–H groups in total. The maximum absolute atomic E-state index is 12.2. The third-order valence-corrected chi connectivity index (χ3v) is 4.75. The van der Waals surface area contributed by atoms with Gasteiger partial charge in [-0.05, 0) is 43.3 Å². The van der Waals surface area contributed by atoms with E-state index in [4.69, 9.17) is 4.74 Å². The number of carbonyl (C=O) groups is 1. The SMILES string of the molecule is COc1ccc(C(=O)CS(=O)(=O)c2ccc(C)cc2)cc1. The summed E-state index contributed by atoms with van der Waals surface area (Å²) in [5.41, 5.74) is 1.32. The van der Waals surface area contributed by atoms with Crippen molar-refractivity contribution in [3.05, 3.63) is 59.7 Å². The summed E-state index contributed by atoms with van der Waals surface area (Å²) in [5.74, 6) is -0.353. The Balaban J connectivity index is 2.19. The number of ketones is 1. The number of carbonyl (C=O) groups excluding carboxylic acids is 1. The number of aryl methyl sites for hydroxylation is 1. The summed E-state index contributed by atoms with van der Waals surface area (Å²) in [4.78, 5) is 12.2. The molecule has 0 aromatic heterocycles. The number of Topliss-reactive ketones (excluding diaryl/α,β-unsaturated/α-hetero) is 1.